The van der Waals surface area contributed by atoms with Crippen molar-refractivity contribution in [2.45, 2.75) is 38.6 Å². The standard InChI is InChI=1S/C6H12O2S/c1-5-3-2-4-6(7-5)8-9/h5-6,9H,2-4H2,1H3. The molecule has 0 aromatic heterocycles. The van der Waals surface area contributed by atoms with E-state index in [1.54, 1.807) is 0 Å². The van der Waals surface area contributed by atoms with Crippen molar-refractivity contribution in [3.8, 4) is 0 Å². The van der Waals surface area contributed by atoms with Gasteiger partial charge in [0.05, 0.1) is 6.10 Å². The van der Waals surface area contributed by atoms with Crippen LogP contribution in [0.4, 0.5) is 0 Å². The van der Waals surface area contributed by atoms with Crippen LogP contribution in [0, 0.1) is 0 Å². The zero-order chi connectivity index (χ0) is 6.69. The lowest BCUT2D eigenvalue weighted by Gasteiger charge is -2.25. The molecule has 1 aliphatic rings. The Morgan fingerprint density at radius 1 is 1.56 bits per heavy atom. The van der Waals surface area contributed by atoms with Crippen molar-refractivity contribution in [3.05, 3.63) is 0 Å². The van der Waals surface area contributed by atoms with Crippen molar-refractivity contribution in [1.82, 2.24) is 0 Å². The summed E-state index contributed by atoms with van der Waals surface area (Å²) in [6, 6.07) is 0. The molecule has 9 heavy (non-hydrogen) atoms. The zero-order valence-corrected chi connectivity index (χ0v) is 6.43. The van der Waals surface area contributed by atoms with E-state index in [-0.39, 0.29) is 6.29 Å². The van der Waals surface area contributed by atoms with Crippen molar-refractivity contribution in [1.29, 1.82) is 0 Å². The van der Waals surface area contributed by atoms with E-state index in [4.69, 9.17) is 8.92 Å². The fourth-order valence-corrected chi connectivity index (χ4v) is 1.20. The molecule has 3 heteroatoms. The maximum atomic E-state index is 5.34. The lowest BCUT2D eigenvalue weighted by Crippen LogP contribution is -2.25. The predicted octanol–water partition coefficient (Wildman–Crippen LogP) is 1.76. The van der Waals surface area contributed by atoms with Gasteiger partial charge in [0.2, 0.25) is 0 Å². The van der Waals surface area contributed by atoms with Crippen LogP contribution in [0.3, 0.4) is 0 Å². The molecule has 1 saturated heterocycles. The minimum Gasteiger partial charge on any atom is -0.349 e. The van der Waals surface area contributed by atoms with Crippen molar-refractivity contribution < 1.29 is 8.92 Å². The van der Waals surface area contributed by atoms with E-state index in [1.165, 1.54) is 6.42 Å². The molecule has 1 heterocycles. The molecule has 1 fully saturated rings. The maximum absolute atomic E-state index is 5.34. The molecule has 54 valence electrons. The van der Waals surface area contributed by atoms with E-state index in [0.717, 1.165) is 12.8 Å². The Kier molecular flexibility index (Phi) is 2.82. The van der Waals surface area contributed by atoms with E-state index in [0.29, 0.717) is 6.10 Å². The summed E-state index contributed by atoms with van der Waals surface area (Å²) >= 11 is 3.68. The van der Waals surface area contributed by atoms with Gasteiger partial charge in [0.1, 0.15) is 0 Å². The van der Waals surface area contributed by atoms with Gasteiger partial charge in [-0.15, -0.1) is 0 Å². The summed E-state index contributed by atoms with van der Waals surface area (Å²) < 4.78 is 10.1. The monoisotopic (exact) mass is 148 g/mol. The second kappa shape index (κ2) is 3.44. The third-order valence-corrected chi connectivity index (χ3v) is 1.79. The summed E-state index contributed by atoms with van der Waals surface area (Å²) in [6.07, 6.45) is 3.58. The second-order valence-corrected chi connectivity index (χ2v) is 2.62. The van der Waals surface area contributed by atoms with Crippen LogP contribution in [0.1, 0.15) is 26.2 Å². The smallest absolute Gasteiger partial charge is 0.170 e. The molecule has 1 aliphatic heterocycles. The molecule has 0 radical (unpaired) electrons. The van der Waals surface area contributed by atoms with Crippen molar-refractivity contribution in [3.63, 3.8) is 0 Å². The van der Waals surface area contributed by atoms with E-state index < -0.39 is 0 Å². The number of thiol groups is 1. The first-order valence-corrected chi connectivity index (χ1v) is 3.65. The zero-order valence-electron chi connectivity index (χ0n) is 5.54. The van der Waals surface area contributed by atoms with Gasteiger partial charge in [0, 0.05) is 0 Å². The summed E-state index contributed by atoms with van der Waals surface area (Å²) in [5.41, 5.74) is 0. The molecule has 0 saturated carbocycles. The van der Waals surface area contributed by atoms with Crippen LogP contribution >= 0.6 is 12.9 Å². The highest BCUT2D eigenvalue weighted by atomic mass is 32.1. The van der Waals surface area contributed by atoms with E-state index >= 15 is 0 Å². The SMILES string of the molecule is CC1CCCC(OS)O1. The van der Waals surface area contributed by atoms with Crippen LogP contribution in [0.5, 0.6) is 0 Å². The summed E-state index contributed by atoms with van der Waals surface area (Å²) in [5.74, 6) is 0. The fraction of sp³-hybridized carbons (Fsp3) is 1.00. The lowest BCUT2D eigenvalue weighted by atomic mass is 10.1. The predicted molar refractivity (Wildman–Crippen MR) is 38.3 cm³/mol. The van der Waals surface area contributed by atoms with Crippen LogP contribution in [0.25, 0.3) is 0 Å². The van der Waals surface area contributed by atoms with Crippen molar-refractivity contribution in [2.75, 3.05) is 0 Å². The van der Waals surface area contributed by atoms with Gasteiger partial charge in [-0.05, 0) is 39.1 Å². The number of hydrogen-bond acceptors (Lipinski definition) is 3. The van der Waals surface area contributed by atoms with Gasteiger partial charge in [-0.25, -0.2) is 0 Å². The molecule has 1 rings (SSSR count). The summed E-state index contributed by atoms with van der Waals surface area (Å²) in [4.78, 5) is 0. The lowest BCUT2D eigenvalue weighted by molar-refractivity contribution is -0.132. The summed E-state index contributed by atoms with van der Waals surface area (Å²) in [6.45, 7) is 2.05. The highest BCUT2D eigenvalue weighted by molar-refractivity contribution is 7.75. The van der Waals surface area contributed by atoms with E-state index in [9.17, 15) is 0 Å². The average molecular weight is 148 g/mol. The average Bonchev–Trinajstić information content (AvgIpc) is 1.88. The number of hydrogen-bond donors (Lipinski definition) is 1. The molecule has 0 bridgehead atoms. The molecule has 0 N–H and O–H groups in total. The Morgan fingerprint density at radius 3 is 2.78 bits per heavy atom. The Hall–Kier alpha value is 0.270. The molecule has 0 aliphatic carbocycles. The quantitative estimate of drug-likeness (QED) is 0.451. The van der Waals surface area contributed by atoms with Gasteiger partial charge in [-0.2, -0.15) is 0 Å². The van der Waals surface area contributed by atoms with Crippen LogP contribution in [0.15, 0.2) is 0 Å². The highest BCUT2D eigenvalue weighted by Gasteiger charge is 2.18. The Balaban J connectivity index is 2.23. The van der Waals surface area contributed by atoms with Gasteiger partial charge in [-0.1, -0.05) is 0 Å². The van der Waals surface area contributed by atoms with Crippen LogP contribution in [0.2, 0.25) is 0 Å². The fourth-order valence-electron chi connectivity index (χ4n) is 1.04. The largest absolute Gasteiger partial charge is 0.349 e. The third kappa shape index (κ3) is 2.16. The maximum Gasteiger partial charge on any atom is 0.170 e. The normalized spacial score (nSPS) is 36.7. The third-order valence-electron chi connectivity index (χ3n) is 1.55. The van der Waals surface area contributed by atoms with Gasteiger partial charge < -0.3 is 4.74 Å². The van der Waals surface area contributed by atoms with Gasteiger partial charge in [0.15, 0.2) is 6.29 Å². The molecule has 0 spiro atoms. The first kappa shape index (κ1) is 7.38. The van der Waals surface area contributed by atoms with Gasteiger partial charge in [0.25, 0.3) is 0 Å². The van der Waals surface area contributed by atoms with Crippen molar-refractivity contribution in [2.24, 2.45) is 0 Å². The Morgan fingerprint density at radius 2 is 2.33 bits per heavy atom. The van der Waals surface area contributed by atoms with Gasteiger partial charge in [-0.3, -0.25) is 4.18 Å². The Labute approximate surface area is 61.1 Å². The van der Waals surface area contributed by atoms with Gasteiger partial charge >= 0.3 is 0 Å². The minimum absolute atomic E-state index is 0.0721. The minimum atomic E-state index is -0.0721. The van der Waals surface area contributed by atoms with Crippen LogP contribution in [-0.4, -0.2) is 12.4 Å². The molecule has 0 aromatic carbocycles. The van der Waals surface area contributed by atoms with E-state index in [2.05, 4.69) is 19.8 Å². The second-order valence-electron chi connectivity index (χ2n) is 2.41. The molecule has 0 amide bonds. The molecule has 2 atom stereocenters. The molecular weight excluding hydrogens is 136 g/mol. The molecular formula is C6H12O2S. The first-order chi connectivity index (χ1) is 4.33. The highest BCUT2D eigenvalue weighted by Crippen LogP contribution is 2.19. The van der Waals surface area contributed by atoms with Crippen molar-refractivity contribution >= 4 is 12.9 Å². The Bertz CT molecular complexity index is 87.1. The molecule has 0 aromatic rings. The van der Waals surface area contributed by atoms with Crippen LogP contribution in [-0.2, 0) is 8.92 Å². The number of ether oxygens (including phenoxy) is 1. The topological polar surface area (TPSA) is 18.5 Å². The first-order valence-electron chi connectivity index (χ1n) is 3.28. The molecule has 2 unspecified atom stereocenters. The van der Waals surface area contributed by atoms with E-state index in [1.807, 2.05) is 0 Å². The van der Waals surface area contributed by atoms with Crippen LogP contribution < -0.4 is 0 Å². The summed E-state index contributed by atoms with van der Waals surface area (Å²) in [5, 5.41) is 0. The molecule has 2 nitrogen and oxygen atoms in total. The summed E-state index contributed by atoms with van der Waals surface area (Å²) in [7, 11) is 0. The number of rotatable bonds is 1.